The van der Waals surface area contributed by atoms with Crippen molar-refractivity contribution in [1.29, 1.82) is 0 Å². The monoisotopic (exact) mass is 317 g/mol. The molecule has 0 saturated carbocycles. The highest BCUT2D eigenvalue weighted by atomic mass is 16.3. The lowest BCUT2D eigenvalue weighted by atomic mass is 9.96. The number of carbonyl (C=O) groups excluding carboxylic acids is 1. The van der Waals surface area contributed by atoms with Crippen LogP contribution in [0.15, 0.2) is 66.7 Å². The number of nitrogens with zero attached hydrogens (tertiary/aromatic N) is 1. The van der Waals surface area contributed by atoms with E-state index in [0.29, 0.717) is 19.5 Å². The summed E-state index contributed by atoms with van der Waals surface area (Å²) in [5.41, 5.74) is 3.00. The summed E-state index contributed by atoms with van der Waals surface area (Å²) in [6, 6.07) is 22.0. The van der Waals surface area contributed by atoms with Gasteiger partial charge in [-0.1, -0.05) is 66.7 Å². The zero-order valence-corrected chi connectivity index (χ0v) is 13.4. The third-order valence-electron chi connectivity index (χ3n) is 4.74. The highest BCUT2D eigenvalue weighted by Crippen LogP contribution is 2.27. The van der Waals surface area contributed by atoms with Gasteiger partial charge in [0.05, 0.1) is 19.1 Å². The molecule has 0 aliphatic carbocycles. The van der Waals surface area contributed by atoms with E-state index in [9.17, 15) is 9.90 Å². The molecule has 1 N–H and O–H groups in total. The average molecular weight is 317 g/mol. The predicted molar refractivity (Wildman–Crippen MR) is 94.5 cm³/mol. The first-order valence-electron chi connectivity index (χ1n) is 8.22. The van der Waals surface area contributed by atoms with Crippen LogP contribution < -0.4 is 0 Å². The van der Waals surface area contributed by atoms with E-state index in [1.807, 2.05) is 48.5 Å². The molecule has 1 aliphatic heterocycles. The minimum atomic E-state index is -0.605. The molecule has 3 aromatic rings. The second-order valence-electron chi connectivity index (χ2n) is 6.30. The van der Waals surface area contributed by atoms with E-state index in [1.165, 1.54) is 0 Å². The van der Waals surface area contributed by atoms with Crippen molar-refractivity contribution in [1.82, 2.24) is 4.90 Å². The predicted octanol–water partition coefficient (Wildman–Crippen LogP) is 3.46. The van der Waals surface area contributed by atoms with Crippen LogP contribution in [0.2, 0.25) is 0 Å². The lowest BCUT2D eigenvalue weighted by molar-refractivity contribution is -0.133. The minimum Gasteiger partial charge on any atom is -0.387 e. The molecule has 3 nitrogen and oxygen atoms in total. The Morgan fingerprint density at radius 3 is 2.67 bits per heavy atom. The summed E-state index contributed by atoms with van der Waals surface area (Å²) >= 11 is 0. The maximum absolute atomic E-state index is 12.8. The van der Waals surface area contributed by atoms with Crippen LogP contribution in [0.5, 0.6) is 0 Å². The molecule has 1 aliphatic rings. The van der Waals surface area contributed by atoms with Gasteiger partial charge in [-0.3, -0.25) is 4.79 Å². The van der Waals surface area contributed by atoms with Gasteiger partial charge in [-0.05, 0) is 27.5 Å². The fourth-order valence-electron chi connectivity index (χ4n) is 3.49. The second-order valence-corrected chi connectivity index (χ2v) is 6.30. The van der Waals surface area contributed by atoms with Crippen LogP contribution in [-0.2, 0) is 17.8 Å². The normalized spacial score (nSPS) is 16.9. The van der Waals surface area contributed by atoms with Crippen molar-refractivity contribution in [2.75, 3.05) is 6.54 Å². The number of aliphatic hydroxyl groups excluding tert-OH is 1. The summed E-state index contributed by atoms with van der Waals surface area (Å²) in [5.74, 6) is 0.0555. The molecule has 0 aromatic heterocycles. The maximum atomic E-state index is 12.8. The van der Waals surface area contributed by atoms with Gasteiger partial charge in [-0.2, -0.15) is 0 Å². The van der Waals surface area contributed by atoms with E-state index in [2.05, 4.69) is 18.2 Å². The number of fused-ring (bicyclic) bond motifs is 2. The van der Waals surface area contributed by atoms with Crippen molar-refractivity contribution >= 4 is 16.7 Å². The van der Waals surface area contributed by atoms with Gasteiger partial charge in [0, 0.05) is 6.54 Å². The lowest BCUT2D eigenvalue weighted by Crippen LogP contribution is -2.39. The zero-order valence-electron chi connectivity index (χ0n) is 13.4. The smallest absolute Gasteiger partial charge is 0.227 e. The van der Waals surface area contributed by atoms with Gasteiger partial charge in [-0.25, -0.2) is 0 Å². The first kappa shape index (κ1) is 14.9. The van der Waals surface area contributed by atoms with Crippen LogP contribution in [0.3, 0.4) is 0 Å². The van der Waals surface area contributed by atoms with Crippen LogP contribution in [0.4, 0.5) is 0 Å². The summed E-state index contributed by atoms with van der Waals surface area (Å²) < 4.78 is 0. The Bertz CT molecular complexity index is 898. The van der Waals surface area contributed by atoms with Crippen LogP contribution in [-0.4, -0.2) is 22.5 Å². The van der Waals surface area contributed by atoms with Crippen LogP contribution in [0.1, 0.15) is 22.8 Å². The van der Waals surface area contributed by atoms with E-state index in [-0.39, 0.29) is 5.91 Å². The number of hydrogen-bond donors (Lipinski definition) is 1. The van der Waals surface area contributed by atoms with Crippen molar-refractivity contribution in [3.63, 3.8) is 0 Å². The molecule has 3 aromatic carbocycles. The van der Waals surface area contributed by atoms with Crippen molar-refractivity contribution < 1.29 is 9.90 Å². The van der Waals surface area contributed by atoms with E-state index in [1.54, 1.807) is 4.90 Å². The summed E-state index contributed by atoms with van der Waals surface area (Å²) in [6.45, 7) is 0.928. The quantitative estimate of drug-likeness (QED) is 0.786. The first-order valence-corrected chi connectivity index (χ1v) is 8.22. The highest BCUT2D eigenvalue weighted by molar-refractivity contribution is 5.90. The van der Waals surface area contributed by atoms with Crippen molar-refractivity contribution in [3.05, 3.63) is 83.4 Å². The molecule has 1 amide bonds. The SMILES string of the molecule is O=C(Cc1cccc2ccccc12)N1Cc2ccccc2[C@H](O)C1. The van der Waals surface area contributed by atoms with Crippen LogP contribution in [0, 0.1) is 0 Å². The molecule has 4 rings (SSSR count). The zero-order chi connectivity index (χ0) is 16.5. The van der Waals surface area contributed by atoms with Crippen LogP contribution >= 0.6 is 0 Å². The minimum absolute atomic E-state index is 0.0555. The van der Waals surface area contributed by atoms with Gasteiger partial charge >= 0.3 is 0 Å². The van der Waals surface area contributed by atoms with Gasteiger partial charge in [0.15, 0.2) is 0 Å². The molecule has 3 heteroatoms. The van der Waals surface area contributed by atoms with Gasteiger partial charge in [0.2, 0.25) is 5.91 Å². The molecule has 0 bridgehead atoms. The Balaban J connectivity index is 1.59. The van der Waals surface area contributed by atoms with Crippen molar-refractivity contribution in [2.45, 2.75) is 19.1 Å². The molecule has 0 unspecified atom stereocenters. The fourth-order valence-corrected chi connectivity index (χ4v) is 3.49. The van der Waals surface area contributed by atoms with Crippen molar-refractivity contribution in [3.8, 4) is 0 Å². The molecule has 0 fully saturated rings. The van der Waals surface area contributed by atoms with Gasteiger partial charge < -0.3 is 10.0 Å². The van der Waals surface area contributed by atoms with E-state index in [4.69, 9.17) is 0 Å². The molecule has 0 saturated heterocycles. The topological polar surface area (TPSA) is 40.5 Å². The van der Waals surface area contributed by atoms with Crippen molar-refractivity contribution in [2.24, 2.45) is 0 Å². The molecular formula is C21H19NO2. The van der Waals surface area contributed by atoms with Crippen LogP contribution in [0.25, 0.3) is 10.8 Å². The molecule has 120 valence electrons. The number of aliphatic hydroxyl groups is 1. The number of amides is 1. The molecular weight excluding hydrogens is 298 g/mol. The molecule has 0 radical (unpaired) electrons. The number of carbonyl (C=O) groups is 1. The molecule has 1 atom stereocenters. The third kappa shape index (κ3) is 2.68. The van der Waals surface area contributed by atoms with Gasteiger partial charge in [-0.15, -0.1) is 0 Å². The highest BCUT2D eigenvalue weighted by Gasteiger charge is 2.26. The molecule has 0 spiro atoms. The Labute approximate surface area is 141 Å². The third-order valence-corrected chi connectivity index (χ3v) is 4.74. The number of hydrogen-bond acceptors (Lipinski definition) is 2. The Kier molecular flexibility index (Phi) is 3.79. The Morgan fingerprint density at radius 2 is 1.75 bits per heavy atom. The standard InChI is InChI=1S/C21H19NO2/c23-20-14-22(13-17-7-2-4-11-19(17)20)21(24)12-16-9-5-8-15-6-1-3-10-18(15)16/h1-11,20,23H,12-14H2/t20-/m1/s1. The summed E-state index contributed by atoms with van der Waals surface area (Å²) in [6.07, 6.45) is -0.248. The summed E-state index contributed by atoms with van der Waals surface area (Å²) in [7, 11) is 0. The number of benzene rings is 3. The molecule has 1 heterocycles. The fraction of sp³-hybridized carbons (Fsp3) is 0.190. The Hall–Kier alpha value is -2.65. The largest absolute Gasteiger partial charge is 0.387 e. The molecule has 24 heavy (non-hydrogen) atoms. The number of β-amino-alcohol motifs (C(OH)–C–C–N with tert-alkyl or cyclic N) is 1. The maximum Gasteiger partial charge on any atom is 0.227 e. The average Bonchev–Trinajstić information content (AvgIpc) is 2.62. The van der Waals surface area contributed by atoms with E-state index < -0.39 is 6.10 Å². The number of rotatable bonds is 2. The van der Waals surface area contributed by atoms with E-state index >= 15 is 0 Å². The lowest BCUT2D eigenvalue weighted by Gasteiger charge is -2.32. The summed E-state index contributed by atoms with van der Waals surface area (Å²) in [4.78, 5) is 14.5. The second kappa shape index (κ2) is 6.10. The Morgan fingerprint density at radius 1 is 1.00 bits per heavy atom. The first-order chi connectivity index (χ1) is 11.7. The van der Waals surface area contributed by atoms with E-state index in [0.717, 1.165) is 27.5 Å². The van der Waals surface area contributed by atoms with Gasteiger partial charge in [0.25, 0.3) is 0 Å². The van der Waals surface area contributed by atoms with Gasteiger partial charge in [0.1, 0.15) is 0 Å². The summed E-state index contributed by atoms with van der Waals surface area (Å²) in [5, 5.41) is 12.6.